The molecule has 0 N–H and O–H groups in total. The van der Waals surface area contributed by atoms with Gasteiger partial charge in [0.15, 0.2) is 0 Å². The first-order valence-corrected chi connectivity index (χ1v) is 6.71. The van der Waals surface area contributed by atoms with Crippen molar-refractivity contribution in [2.75, 3.05) is 0 Å². The molecule has 0 radical (unpaired) electrons. The topological polar surface area (TPSA) is 0 Å². The quantitative estimate of drug-likeness (QED) is 0.552. The average molecular weight is 273 g/mol. The SMILES string of the molecule is Cc1c(C(C)(C)C)cc(Cl)c(C(C)(C)C)c1Cl. The first-order valence-electron chi connectivity index (χ1n) is 5.96. The summed E-state index contributed by atoms with van der Waals surface area (Å²) in [6, 6.07) is 2.07. The van der Waals surface area contributed by atoms with Crippen LogP contribution in [0.5, 0.6) is 0 Å². The van der Waals surface area contributed by atoms with Crippen LogP contribution < -0.4 is 0 Å². The van der Waals surface area contributed by atoms with Crippen LogP contribution in [0.25, 0.3) is 0 Å². The lowest BCUT2D eigenvalue weighted by molar-refractivity contribution is 0.573. The fourth-order valence-corrected chi connectivity index (χ4v) is 3.21. The molecule has 2 heteroatoms. The molecule has 0 heterocycles. The van der Waals surface area contributed by atoms with Gasteiger partial charge in [-0.3, -0.25) is 0 Å². The minimum atomic E-state index is -0.0324. The Morgan fingerprint density at radius 1 is 0.882 bits per heavy atom. The van der Waals surface area contributed by atoms with Crippen LogP contribution in [0.2, 0.25) is 10.0 Å². The molecule has 96 valence electrons. The molecule has 0 aromatic heterocycles. The van der Waals surface area contributed by atoms with Crippen molar-refractivity contribution >= 4 is 23.2 Å². The van der Waals surface area contributed by atoms with Crippen LogP contribution in [0.1, 0.15) is 58.2 Å². The van der Waals surface area contributed by atoms with Crippen LogP contribution in [-0.4, -0.2) is 0 Å². The van der Waals surface area contributed by atoms with Gasteiger partial charge in [0, 0.05) is 10.0 Å². The summed E-state index contributed by atoms with van der Waals surface area (Å²) in [6.45, 7) is 15.0. The predicted molar refractivity (Wildman–Crippen MR) is 78.6 cm³/mol. The van der Waals surface area contributed by atoms with E-state index in [9.17, 15) is 0 Å². The van der Waals surface area contributed by atoms with Crippen LogP contribution in [-0.2, 0) is 10.8 Å². The standard InChI is InChI=1S/C15H22Cl2/c1-9-10(14(2,3)4)8-11(16)12(13(9)17)15(5,6)7/h8H,1-7H3. The van der Waals surface area contributed by atoms with E-state index < -0.39 is 0 Å². The molecule has 0 aliphatic rings. The van der Waals surface area contributed by atoms with Crippen LogP contribution in [0.15, 0.2) is 6.07 Å². The zero-order valence-corrected chi connectivity index (χ0v) is 13.3. The summed E-state index contributed by atoms with van der Waals surface area (Å²) in [6.07, 6.45) is 0. The second-order valence-corrected chi connectivity index (χ2v) is 7.51. The van der Waals surface area contributed by atoms with Crippen LogP contribution in [0.3, 0.4) is 0 Å². The molecule has 0 fully saturated rings. The second-order valence-electron chi connectivity index (χ2n) is 6.72. The molecule has 0 atom stereocenters. The predicted octanol–water partition coefficient (Wildman–Crippen LogP) is 5.90. The van der Waals surface area contributed by atoms with E-state index in [1.165, 1.54) is 5.56 Å². The second kappa shape index (κ2) is 4.48. The fraction of sp³-hybridized carbons (Fsp3) is 0.600. The maximum Gasteiger partial charge on any atom is 0.0490 e. The van der Waals surface area contributed by atoms with Gasteiger partial charge in [-0.25, -0.2) is 0 Å². The summed E-state index contributed by atoms with van der Waals surface area (Å²) in [4.78, 5) is 0. The highest BCUT2D eigenvalue weighted by Gasteiger charge is 2.26. The fourth-order valence-electron chi connectivity index (χ4n) is 2.18. The smallest absolute Gasteiger partial charge is 0.0490 e. The summed E-state index contributed by atoms with van der Waals surface area (Å²) >= 11 is 12.9. The number of halogens is 2. The van der Waals surface area contributed by atoms with E-state index in [4.69, 9.17) is 23.2 Å². The van der Waals surface area contributed by atoms with E-state index in [2.05, 4.69) is 54.5 Å². The Morgan fingerprint density at radius 2 is 1.35 bits per heavy atom. The minimum absolute atomic E-state index is 0.0324. The van der Waals surface area contributed by atoms with Gasteiger partial charge in [0.2, 0.25) is 0 Å². The Hall–Kier alpha value is -0.200. The third-order valence-corrected chi connectivity index (χ3v) is 3.79. The Kier molecular flexibility index (Phi) is 3.91. The largest absolute Gasteiger partial charge is 0.0840 e. The molecule has 0 unspecified atom stereocenters. The maximum atomic E-state index is 6.51. The molecule has 0 saturated heterocycles. The molecule has 17 heavy (non-hydrogen) atoms. The van der Waals surface area contributed by atoms with Crippen LogP contribution in [0.4, 0.5) is 0 Å². The maximum absolute atomic E-state index is 6.51. The van der Waals surface area contributed by atoms with Gasteiger partial charge in [0.1, 0.15) is 0 Å². The van der Waals surface area contributed by atoms with E-state index in [0.29, 0.717) is 0 Å². The van der Waals surface area contributed by atoms with Crippen molar-refractivity contribution in [2.24, 2.45) is 0 Å². The molecule has 0 spiro atoms. The molecular weight excluding hydrogens is 251 g/mol. The lowest BCUT2D eigenvalue weighted by Gasteiger charge is -2.28. The molecule has 0 aliphatic carbocycles. The number of rotatable bonds is 0. The molecule has 0 amide bonds. The Labute approximate surface area is 115 Å². The molecule has 0 aliphatic heterocycles. The molecule has 1 rings (SSSR count). The lowest BCUT2D eigenvalue weighted by Crippen LogP contribution is -2.18. The summed E-state index contributed by atoms with van der Waals surface area (Å²) < 4.78 is 0. The molecule has 1 aromatic carbocycles. The van der Waals surface area contributed by atoms with Gasteiger partial charge in [0.25, 0.3) is 0 Å². The molecule has 1 aromatic rings. The number of hydrogen-bond donors (Lipinski definition) is 0. The molecule has 0 nitrogen and oxygen atoms in total. The third kappa shape index (κ3) is 2.98. The van der Waals surface area contributed by atoms with Gasteiger partial charge >= 0.3 is 0 Å². The normalized spacial score (nSPS) is 13.0. The van der Waals surface area contributed by atoms with Gasteiger partial charge in [-0.1, -0.05) is 64.7 Å². The van der Waals surface area contributed by atoms with Crippen molar-refractivity contribution in [1.82, 2.24) is 0 Å². The zero-order valence-electron chi connectivity index (χ0n) is 11.8. The van der Waals surface area contributed by atoms with E-state index in [1.807, 2.05) is 0 Å². The van der Waals surface area contributed by atoms with Crippen molar-refractivity contribution in [2.45, 2.75) is 59.3 Å². The van der Waals surface area contributed by atoms with Crippen molar-refractivity contribution in [3.8, 4) is 0 Å². The highest BCUT2D eigenvalue weighted by atomic mass is 35.5. The van der Waals surface area contributed by atoms with Crippen LogP contribution in [0, 0.1) is 6.92 Å². The van der Waals surface area contributed by atoms with Gasteiger partial charge in [-0.05, 0) is 40.5 Å². The van der Waals surface area contributed by atoms with Crippen molar-refractivity contribution in [3.63, 3.8) is 0 Å². The van der Waals surface area contributed by atoms with E-state index in [0.717, 1.165) is 21.2 Å². The molecule has 0 bridgehead atoms. The first kappa shape index (κ1) is 14.9. The van der Waals surface area contributed by atoms with Crippen molar-refractivity contribution in [3.05, 3.63) is 32.8 Å². The Bertz CT molecular complexity index is 432. The Morgan fingerprint density at radius 3 is 1.71 bits per heavy atom. The van der Waals surface area contributed by atoms with Gasteiger partial charge in [-0.2, -0.15) is 0 Å². The highest BCUT2D eigenvalue weighted by molar-refractivity contribution is 6.36. The monoisotopic (exact) mass is 272 g/mol. The average Bonchev–Trinajstić information content (AvgIpc) is 2.07. The molecular formula is C15H22Cl2. The van der Waals surface area contributed by atoms with Gasteiger partial charge < -0.3 is 0 Å². The molecule has 0 saturated carbocycles. The third-order valence-electron chi connectivity index (χ3n) is 3.02. The van der Waals surface area contributed by atoms with Gasteiger partial charge in [-0.15, -0.1) is 0 Å². The number of hydrogen-bond acceptors (Lipinski definition) is 0. The highest BCUT2D eigenvalue weighted by Crippen LogP contribution is 2.41. The number of benzene rings is 1. The Balaban J connectivity index is 3.60. The van der Waals surface area contributed by atoms with Crippen LogP contribution >= 0.6 is 23.2 Å². The van der Waals surface area contributed by atoms with Crippen molar-refractivity contribution < 1.29 is 0 Å². The minimum Gasteiger partial charge on any atom is -0.0840 e. The lowest BCUT2D eigenvalue weighted by atomic mass is 9.79. The summed E-state index contributed by atoms with van der Waals surface area (Å²) in [7, 11) is 0. The summed E-state index contributed by atoms with van der Waals surface area (Å²) in [5.41, 5.74) is 3.45. The van der Waals surface area contributed by atoms with E-state index >= 15 is 0 Å². The van der Waals surface area contributed by atoms with Gasteiger partial charge in [0.05, 0.1) is 0 Å². The summed E-state index contributed by atoms with van der Waals surface area (Å²) in [5, 5.41) is 1.59. The van der Waals surface area contributed by atoms with E-state index in [-0.39, 0.29) is 10.8 Å². The summed E-state index contributed by atoms with van der Waals surface area (Å²) in [5.74, 6) is 0. The van der Waals surface area contributed by atoms with Crippen molar-refractivity contribution in [1.29, 1.82) is 0 Å². The first-order chi connectivity index (χ1) is 7.46. The van der Waals surface area contributed by atoms with E-state index in [1.54, 1.807) is 0 Å². The zero-order chi connectivity index (χ0) is 13.6.